The van der Waals surface area contributed by atoms with Gasteiger partial charge in [-0.3, -0.25) is 14.5 Å². The van der Waals surface area contributed by atoms with Gasteiger partial charge in [-0.05, 0) is 25.3 Å². The zero-order valence-corrected chi connectivity index (χ0v) is 17.2. The van der Waals surface area contributed by atoms with E-state index in [9.17, 15) is 19.2 Å². The van der Waals surface area contributed by atoms with Gasteiger partial charge in [0.1, 0.15) is 23.2 Å². The zero-order valence-electron chi connectivity index (χ0n) is 16.4. The Kier molecular flexibility index (Phi) is 5.54. The van der Waals surface area contributed by atoms with Crippen LogP contribution in [0.4, 0.5) is 9.80 Å². The van der Waals surface area contributed by atoms with E-state index in [1.807, 2.05) is 30.3 Å². The molecule has 0 spiro atoms. The van der Waals surface area contributed by atoms with Crippen LogP contribution in [0.5, 0.6) is 0 Å². The van der Waals surface area contributed by atoms with Crippen LogP contribution in [0.15, 0.2) is 35.7 Å². The van der Waals surface area contributed by atoms with Crippen LogP contribution in [0.1, 0.15) is 30.1 Å². The van der Waals surface area contributed by atoms with Crippen LogP contribution in [0, 0.1) is 0 Å². The van der Waals surface area contributed by atoms with Gasteiger partial charge < -0.3 is 15.0 Å². The third-order valence-corrected chi connectivity index (χ3v) is 6.09. The lowest BCUT2D eigenvalue weighted by Crippen LogP contribution is -2.39. The maximum absolute atomic E-state index is 12.6. The normalized spacial score (nSPS) is 18.0. The molecular formula is C21H21N3O5S. The number of carbonyl (C=O) groups is 4. The maximum atomic E-state index is 12.6. The molecule has 1 unspecified atom stereocenters. The summed E-state index contributed by atoms with van der Waals surface area (Å²) in [6.45, 7) is 2.06. The zero-order chi connectivity index (χ0) is 21.3. The number of thiophene rings is 1. The Hall–Kier alpha value is -3.20. The molecule has 1 aromatic carbocycles. The number of urea groups is 1. The number of rotatable bonds is 6. The number of amides is 4. The summed E-state index contributed by atoms with van der Waals surface area (Å²) in [6.07, 6.45) is 1.42. The number of benzene rings is 1. The number of fused-ring (bicyclic) bond motifs is 1. The Morgan fingerprint density at radius 1 is 1.23 bits per heavy atom. The molecule has 8 nitrogen and oxygen atoms in total. The lowest BCUT2D eigenvalue weighted by molar-refractivity contribution is -0.131. The summed E-state index contributed by atoms with van der Waals surface area (Å²) in [5.74, 6) is -1.42. The molecule has 2 aliphatic rings. The summed E-state index contributed by atoms with van der Waals surface area (Å²) >= 11 is 1.20. The maximum Gasteiger partial charge on any atom is 0.341 e. The van der Waals surface area contributed by atoms with E-state index < -0.39 is 23.9 Å². The minimum Gasteiger partial charge on any atom is -0.462 e. The fourth-order valence-electron chi connectivity index (χ4n) is 3.82. The quantitative estimate of drug-likeness (QED) is 0.565. The number of nitrogens with one attached hydrogen (secondary N) is 1. The average molecular weight is 427 g/mol. The smallest absolute Gasteiger partial charge is 0.341 e. The highest BCUT2D eigenvalue weighted by Crippen LogP contribution is 2.36. The van der Waals surface area contributed by atoms with Crippen molar-refractivity contribution in [2.45, 2.75) is 25.8 Å². The van der Waals surface area contributed by atoms with Gasteiger partial charge in [-0.25, -0.2) is 9.59 Å². The summed E-state index contributed by atoms with van der Waals surface area (Å²) < 4.78 is 5.18. The summed E-state index contributed by atoms with van der Waals surface area (Å²) in [4.78, 5) is 52.6. The fourth-order valence-corrected chi connectivity index (χ4v) is 4.80. The van der Waals surface area contributed by atoms with Gasteiger partial charge in [0.15, 0.2) is 0 Å². The van der Waals surface area contributed by atoms with Gasteiger partial charge in [0.2, 0.25) is 5.91 Å². The van der Waals surface area contributed by atoms with Crippen LogP contribution in [0.3, 0.4) is 0 Å². The molecular weight excluding hydrogens is 406 g/mol. The van der Waals surface area contributed by atoms with E-state index in [1.165, 1.54) is 16.2 Å². The SMILES string of the molecule is CCOC(=O)c1c(-c2ccccc2)csc1NC(=O)CN1C(=O)C2CCCN2C1=O. The molecule has 2 fully saturated rings. The number of anilines is 1. The van der Waals surface area contributed by atoms with Gasteiger partial charge in [0.05, 0.1) is 6.61 Å². The predicted octanol–water partition coefficient (Wildman–Crippen LogP) is 2.96. The topological polar surface area (TPSA) is 96.0 Å². The molecule has 1 N–H and O–H groups in total. The van der Waals surface area contributed by atoms with Crippen molar-refractivity contribution < 1.29 is 23.9 Å². The van der Waals surface area contributed by atoms with Crippen molar-refractivity contribution in [1.29, 1.82) is 0 Å². The van der Waals surface area contributed by atoms with Crippen molar-refractivity contribution in [2.75, 3.05) is 25.0 Å². The molecule has 2 aromatic rings. The number of nitrogens with zero attached hydrogens (tertiary/aromatic N) is 2. The summed E-state index contributed by atoms with van der Waals surface area (Å²) in [5, 5.41) is 4.80. The van der Waals surface area contributed by atoms with Crippen LogP contribution in [0.25, 0.3) is 11.1 Å². The van der Waals surface area contributed by atoms with Crippen LogP contribution < -0.4 is 5.32 Å². The minimum absolute atomic E-state index is 0.199. The predicted molar refractivity (Wildman–Crippen MR) is 111 cm³/mol. The summed E-state index contributed by atoms with van der Waals surface area (Å²) in [5.41, 5.74) is 1.74. The van der Waals surface area contributed by atoms with Crippen molar-refractivity contribution in [3.05, 3.63) is 41.3 Å². The van der Waals surface area contributed by atoms with E-state index >= 15 is 0 Å². The lowest BCUT2D eigenvalue weighted by Gasteiger charge is -2.15. The van der Waals surface area contributed by atoms with Gasteiger partial charge in [-0.2, -0.15) is 0 Å². The highest BCUT2D eigenvalue weighted by molar-refractivity contribution is 7.15. The van der Waals surface area contributed by atoms with Crippen molar-refractivity contribution in [2.24, 2.45) is 0 Å². The summed E-state index contributed by atoms with van der Waals surface area (Å²) in [7, 11) is 0. The van der Waals surface area contributed by atoms with E-state index in [0.29, 0.717) is 23.5 Å². The Morgan fingerprint density at radius 3 is 2.70 bits per heavy atom. The molecule has 30 heavy (non-hydrogen) atoms. The van der Waals surface area contributed by atoms with Crippen LogP contribution in [-0.4, -0.2) is 59.4 Å². The minimum atomic E-state index is -0.540. The van der Waals surface area contributed by atoms with Crippen LogP contribution in [-0.2, 0) is 14.3 Å². The molecule has 9 heteroatoms. The first-order valence-electron chi connectivity index (χ1n) is 9.77. The molecule has 1 aromatic heterocycles. The van der Waals surface area contributed by atoms with Crippen molar-refractivity contribution >= 4 is 40.2 Å². The van der Waals surface area contributed by atoms with Crippen molar-refractivity contribution in [3.8, 4) is 11.1 Å². The molecule has 2 saturated heterocycles. The largest absolute Gasteiger partial charge is 0.462 e. The molecule has 4 rings (SSSR count). The number of imide groups is 1. The highest BCUT2D eigenvalue weighted by atomic mass is 32.1. The Labute approximate surface area is 177 Å². The van der Waals surface area contributed by atoms with E-state index in [0.717, 1.165) is 16.9 Å². The number of esters is 1. The molecule has 2 aliphatic heterocycles. The molecule has 1 atom stereocenters. The van der Waals surface area contributed by atoms with E-state index in [-0.39, 0.29) is 24.6 Å². The molecule has 0 bridgehead atoms. The van der Waals surface area contributed by atoms with Gasteiger partial charge in [-0.15, -0.1) is 11.3 Å². The van der Waals surface area contributed by atoms with Crippen molar-refractivity contribution in [1.82, 2.24) is 9.80 Å². The second kappa shape index (κ2) is 8.27. The summed E-state index contributed by atoms with van der Waals surface area (Å²) in [6, 6.07) is 8.44. The Bertz CT molecular complexity index is 981. The van der Waals surface area contributed by atoms with E-state index in [2.05, 4.69) is 5.32 Å². The lowest BCUT2D eigenvalue weighted by atomic mass is 10.0. The standard InChI is InChI=1S/C21H21N3O5S/c1-2-29-20(27)17-14(13-7-4-3-5-8-13)12-30-18(17)22-16(25)11-24-19(26)15-9-6-10-23(15)21(24)28/h3-5,7-8,12,15H,2,6,9-11H2,1H3,(H,22,25). The third-order valence-electron chi connectivity index (χ3n) is 5.19. The van der Waals surface area contributed by atoms with E-state index in [1.54, 1.807) is 12.3 Å². The fraction of sp³-hybridized carbons (Fsp3) is 0.333. The van der Waals surface area contributed by atoms with E-state index in [4.69, 9.17) is 4.74 Å². The van der Waals surface area contributed by atoms with Gasteiger partial charge in [-0.1, -0.05) is 30.3 Å². The third kappa shape index (κ3) is 3.56. The molecule has 4 amide bonds. The highest BCUT2D eigenvalue weighted by Gasteiger charge is 2.47. The molecule has 0 saturated carbocycles. The second-order valence-corrected chi connectivity index (χ2v) is 7.93. The van der Waals surface area contributed by atoms with Gasteiger partial charge in [0.25, 0.3) is 5.91 Å². The molecule has 156 valence electrons. The van der Waals surface area contributed by atoms with Gasteiger partial charge >= 0.3 is 12.0 Å². The first-order chi connectivity index (χ1) is 14.5. The Balaban J connectivity index is 1.55. The van der Waals surface area contributed by atoms with Gasteiger partial charge in [0, 0.05) is 17.5 Å². The number of carbonyl (C=O) groups excluding carboxylic acids is 4. The van der Waals surface area contributed by atoms with Crippen LogP contribution in [0.2, 0.25) is 0 Å². The van der Waals surface area contributed by atoms with Crippen molar-refractivity contribution in [3.63, 3.8) is 0 Å². The second-order valence-electron chi connectivity index (χ2n) is 7.05. The number of hydrogen-bond donors (Lipinski definition) is 1. The number of hydrogen-bond acceptors (Lipinski definition) is 6. The van der Waals surface area contributed by atoms with Crippen LogP contribution >= 0.6 is 11.3 Å². The molecule has 3 heterocycles. The molecule has 0 aliphatic carbocycles. The first-order valence-corrected chi connectivity index (χ1v) is 10.6. The Morgan fingerprint density at radius 2 is 2.00 bits per heavy atom. The first kappa shape index (κ1) is 20.1. The molecule has 0 radical (unpaired) electrons. The average Bonchev–Trinajstić information content (AvgIpc) is 3.43. The monoisotopic (exact) mass is 427 g/mol. The number of ether oxygens (including phenoxy) is 1.